The van der Waals surface area contributed by atoms with E-state index in [1.165, 1.54) is 51.4 Å². The highest BCUT2D eigenvalue weighted by Gasteiger charge is 2.55. The molecule has 0 radical (unpaired) electrons. The molecule has 1 aliphatic heterocycles. The molecule has 3 heteroatoms. The summed E-state index contributed by atoms with van der Waals surface area (Å²) in [6.45, 7) is 5.00. The van der Waals surface area contributed by atoms with Gasteiger partial charge in [0.1, 0.15) is 0 Å². The first-order chi connectivity index (χ1) is 9.35. The summed E-state index contributed by atoms with van der Waals surface area (Å²) in [6.07, 6.45) is 11.6. The Morgan fingerprint density at radius 2 is 2.05 bits per heavy atom. The van der Waals surface area contributed by atoms with Crippen LogP contribution in [0.25, 0.3) is 0 Å². The van der Waals surface area contributed by atoms with Crippen LogP contribution in [0.4, 0.5) is 0 Å². The zero-order chi connectivity index (χ0) is 13.1. The van der Waals surface area contributed by atoms with E-state index in [0.29, 0.717) is 23.7 Å². The first kappa shape index (κ1) is 13.8. The number of nitrogens with one attached hydrogen (secondary N) is 1. The van der Waals surface area contributed by atoms with E-state index in [1.54, 1.807) is 0 Å². The van der Waals surface area contributed by atoms with E-state index in [-0.39, 0.29) is 0 Å². The third kappa shape index (κ3) is 2.70. The van der Waals surface area contributed by atoms with Crippen LogP contribution in [-0.4, -0.2) is 38.0 Å². The SMILES string of the molecule is CCOC1CC(NCC2CCCO2)C12CCCCC2. The molecule has 3 atom stereocenters. The first-order valence-corrected chi connectivity index (χ1v) is 8.32. The van der Waals surface area contributed by atoms with E-state index in [2.05, 4.69) is 12.2 Å². The highest BCUT2D eigenvalue weighted by Crippen LogP contribution is 2.53. The molecule has 3 nitrogen and oxygen atoms in total. The van der Waals surface area contributed by atoms with Crippen molar-refractivity contribution >= 4 is 0 Å². The summed E-state index contributed by atoms with van der Waals surface area (Å²) in [6, 6.07) is 0.675. The molecule has 19 heavy (non-hydrogen) atoms. The molecule has 0 aromatic heterocycles. The van der Waals surface area contributed by atoms with Crippen molar-refractivity contribution in [3.05, 3.63) is 0 Å². The Morgan fingerprint density at radius 3 is 2.74 bits per heavy atom. The highest BCUT2D eigenvalue weighted by atomic mass is 16.5. The van der Waals surface area contributed by atoms with Gasteiger partial charge in [-0.15, -0.1) is 0 Å². The summed E-state index contributed by atoms with van der Waals surface area (Å²) in [5.74, 6) is 0. The standard InChI is InChI=1S/C16H29NO2/c1-2-18-15-11-14(16(15)8-4-3-5-9-16)17-12-13-7-6-10-19-13/h13-15,17H,2-12H2,1H3. The van der Waals surface area contributed by atoms with Crippen molar-refractivity contribution in [1.29, 1.82) is 0 Å². The molecule has 1 heterocycles. The van der Waals surface area contributed by atoms with Crippen molar-refractivity contribution in [1.82, 2.24) is 5.32 Å². The molecule has 3 fully saturated rings. The zero-order valence-electron chi connectivity index (χ0n) is 12.3. The molecule has 3 aliphatic rings. The van der Waals surface area contributed by atoms with E-state index in [9.17, 15) is 0 Å². The monoisotopic (exact) mass is 267 g/mol. The Hall–Kier alpha value is -0.120. The minimum Gasteiger partial charge on any atom is -0.378 e. The molecule has 2 saturated carbocycles. The minimum absolute atomic E-state index is 0.451. The van der Waals surface area contributed by atoms with E-state index >= 15 is 0 Å². The Bertz CT molecular complexity index is 282. The van der Waals surface area contributed by atoms with Gasteiger partial charge in [0.2, 0.25) is 0 Å². The van der Waals surface area contributed by atoms with Crippen molar-refractivity contribution in [3.8, 4) is 0 Å². The van der Waals surface area contributed by atoms with Gasteiger partial charge in [-0.2, -0.15) is 0 Å². The van der Waals surface area contributed by atoms with Crippen molar-refractivity contribution < 1.29 is 9.47 Å². The van der Waals surface area contributed by atoms with E-state index in [4.69, 9.17) is 9.47 Å². The van der Waals surface area contributed by atoms with Crippen LogP contribution >= 0.6 is 0 Å². The van der Waals surface area contributed by atoms with Crippen LogP contribution in [0.1, 0.15) is 58.3 Å². The maximum atomic E-state index is 6.00. The van der Waals surface area contributed by atoms with Crippen molar-refractivity contribution in [3.63, 3.8) is 0 Å². The van der Waals surface area contributed by atoms with E-state index in [0.717, 1.165) is 19.8 Å². The second-order valence-corrected chi connectivity index (χ2v) is 6.57. The molecule has 3 unspecified atom stereocenters. The summed E-state index contributed by atoms with van der Waals surface area (Å²) in [5.41, 5.74) is 0.451. The Kier molecular flexibility index (Phi) is 4.45. The lowest BCUT2D eigenvalue weighted by atomic mass is 9.55. The molecule has 2 aliphatic carbocycles. The molecule has 1 spiro atoms. The summed E-state index contributed by atoms with van der Waals surface area (Å²) >= 11 is 0. The fourth-order valence-corrected chi connectivity index (χ4v) is 4.43. The van der Waals surface area contributed by atoms with Crippen LogP contribution < -0.4 is 5.32 Å². The molecule has 0 amide bonds. The third-order valence-electron chi connectivity index (χ3n) is 5.55. The maximum Gasteiger partial charge on any atom is 0.0700 e. The lowest BCUT2D eigenvalue weighted by Gasteiger charge is -2.58. The van der Waals surface area contributed by atoms with Crippen molar-refractivity contribution in [2.45, 2.75) is 76.5 Å². The fraction of sp³-hybridized carbons (Fsp3) is 1.00. The molecule has 3 rings (SSSR count). The van der Waals surface area contributed by atoms with Crippen molar-refractivity contribution in [2.75, 3.05) is 19.8 Å². The van der Waals surface area contributed by atoms with E-state index in [1.807, 2.05) is 0 Å². The van der Waals surface area contributed by atoms with Gasteiger partial charge >= 0.3 is 0 Å². The third-order valence-corrected chi connectivity index (χ3v) is 5.55. The van der Waals surface area contributed by atoms with Gasteiger partial charge in [0.25, 0.3) is 0 Å². The van der Waals surface area contributed by atoms with Crippen LogP contribution in [0.2, 0.25) is 0 Å². The normalized spacial score (nSPS) is 37.4. The second-order valence-electron chi connectivity index (χ2n) is 6.57. The number of rotatable bonds is 5. The number of ether oxygens (including phenoxy) is 2. The van der Waals surface area contributed by atoms with Gasteiger partial charge < -0.3 is 14.8 Å². The predicted octanol–water partition coefficient (Wildman–Crippen LogP) is 2.88. The van der Waals surface area contributed by atoms with Gasteiger partial charge in [-0.1, -0.05) is 19.3 Å². The maximum absolute atomic E-state index is 6.00. The topological polar surface area (TPSA) is 30.5 Å². The van der Waals surface area contributed by atoms with Crippen LogP contribution in [0.5, 0.6) is 0 Å². The lowest BCUT2D eigenvalue weighted by Crippen LogP contribution is -2.65. The molecule has 0 bridgehead atoms. The molecule has 0 aromatic carbocycles. The molecule has 1 N–H and O–H groups in total. The van der Waals surface area contributed by atoms with Gasteiger partial charge in [-0.3, -0.25) is 0 Å². The Morgan fingerprint density at radius 1 is 1.21 bits per heavy atom. The molecular formula is C16H29NO2. The largest absolute Gasteiger partial charge is 0.378 e. The van der Waals surface area contributed by atoms with Crippen molar-refractivity contribution in [2.24, 2.45) is 5.41 Å². The molecule has 1 saturated heterocycles. The lowest BCUT2D eigenvalue weighted by molar-refractivity contribution is -0.151. The van der Waals surface area contributed by atoms with Gasteiger partial charge in [-0.25, -0.2) is 0 Å². The van der Waals surface area contributed by atoms with Gasteiger partial charge in [0.15, 0.2) is 0 Å². The van der Waals surface area contributed by atoms with Gasteiger partial charge in [0.05, 0.1) is 12.2 Å². The Balaban J connectivity index is 1.55. The van der Waals surface area contributed by atoms with E-state index < -0.39 is 0 Å². The quantitative estimate of drug-likeness (QED) is 0.831. The summed E-state index contributed by atoms with van der Waals surface area (Å²) in [4.78, 5) is 0. The number of hydrogen-bond acceptors (Lipinski definition) is 3. The summed E-state index contributed by atoms with van der Waals surface area (Å²) in [5, 5.41) is 3.80. The zero-order valence-corrected chi connectivity index (χ0v) is 12.3. The smallest absolute Gasteiger partial charge is 0.0700 e. The van der Waals surface area contributed by atoms with Crippen LogP contribution in [0.3, 0.4) is 0 Å². The number of hydrogen-bond donors (Lipinski definition) is 1. The van der Waals surface area contributed by atoms with Crippen LogP contribution in [0, 0.1) is 5.41 Å². The Labute approximate surface area is 117 Å². The average Bonchev–Trinajstić information content (AvgIpc) is 2.96. The van der Waals surface area contributed by atoms with Crippen LogP contribution in [-0.2, 0) is 9.47 Å². The minimum atomic E-state index is 0.451. The predicted molar refractivity (Wildman–Crippen MR) is 76.3 cm³/mol. The molecule has 0 aromatic rings. The van der Waals surface area contributed by atoms with Crippen LogP contribution in [0.15, 0.2) is 0 Å². The molecule has 110 valence electrons. The first-order valence-electron chi connectivity index (χ1n) is 8.32. The summed E-state index contributed by atoms with van der Waals surface area (Å²) < 4.78 is 11.7. The highest BCUT2D eigenvalue weighted by molar-refractivity contribution is 5.09. The molecular weight excluding hydrogens is 238 g/mol. The average molecular weight is 267 g/mol. The summed E-state index contributed by atoms with van der Waals surface area (Å²) in [7, 11) is 0. The fourth-order valence-electron chi connectivity index (χ4n) is 4.43. The second kappa shape index (κ2) is 6.11. The van der Waals surface area contributed by atoms with Gasteiger partial charge in [-0.05, 0) is 39.0 Å². The van der Waals surface area contributed by atoms with Gasteiger partial charge in [0, 0.05) is 31.2 Å².